The molecule has 1 amide bonds. The van der Waals surface area contributed by atoms with Crippen molar-refractivity contribution in [1.29, 1.82) is 0 Å². The zero-order chi connectivity index (χ0) is 16.1. The second kappa shape index (κ2) is 9.40. The van der Waals surface area contributed by atoms with Gasteiger partial charge in [-0.3, -0.25) is 4.79 Å². The lowest BCUT2D eigenvalue weighted by atomic mass is 9.97. The highest BCUT2D eigenvalue weighted by molar-refractivity contribution is 5.94. The number of piperazine rings is 1. The van der Waals surface area contributed by atoms with Crippen LogP contribution in [0.25, 0.3) is 0 Å². The van der Waals surface area contributed by atoms with Gasteiger partial charge in [-0.2, -0.15) is 0 Å². The van der Waals surface area contributed by atoms with Gasteiger partial charge in [-0.05, 0) is 44.9 Å². The molecule has 0 aliphatic carbocycles. The van der Waals surface area contributed by atoms with Crippen molar-refractivity contribution in [3.8, 4) is 0 Å². The highest BCUT2D eigenvalue weighted by atomic mass is 35.5. The number of rotatable bonds is 4. The Labute approximate surface area is 152 Å². The van der Waals surface area contributed by atoms with Crippen LogP contribution >= 0.6 is 12.4 Å². The summed E-state index contributed by atoms with van der Waals surface area (Å²) in [6, 6.07) is 10.2. The van der Waals surface area contributed by atoms with E-state index in [1.807, 2.05) is 30.3 Å². The quantitative estimate of drug-likeness (QED) is 0.834. The van der Waals surface area contributed by atoms with Crippen LogP contribution in [0.3, 0.4) is 0 Å². The standard InChI is InChI=1S/C19H29N3O.ClH/c1-20-13-15-21(16-14-20)12-10-18-9-5-6-11-22(18)19(23)17-7-3-2-4-8-17;/h2-4,7-8,18H,5-6,9-16H2,1H3;1H. The van der Waals surface area contributed by atoms with Gasteiger partial charge < -0.3 is 14.7 Å². The topological polar surface area (TPSA) is 26.8 Å². The lowest BCUT2D eigenvalue weighted by molar-refractivity contribution is 0.0570. The Morgan fingerprint density at radius 1 is 1.04 bits per heavy atom. The van der Waals surface area contributed by atoms with Crippen LogP contribution in [0.4, 0.5) is 0 Å². The smallest absolute Gasteiger partial charge is 0.254 e. The summed E-state index contributed by atoms with van der Waals surface area (Å²) in [6.45, 7) is 6.69. The summed E-state index contributed by atoms with van der Waals surface area (Å²) < 4.78 is 0. The van der Waals surface area contributed by atoms with E-state index in [1.165, 1.54) is 6.42 Å². The molecule has 0 aromatic heterocycles. The van der Waals surface area contributed by atoms with E-state index >= 15 is 0 Å². The fourth-order valence-corrected chi connectivity index (χ4v) is 3.72. The van der Waals surface area contributed by atoms with Crippen molar-refractivity contribution >= 4 is 18.3 Å². The lowest BCUT2D eigenvalue weighted by Gasteiger charge is -2.38. The molecule has 4 nitrogen and oxygen atoms in total. The highest BCUT2D eigenvalue weighted by Gasteiger charge is 2.27. The molecule has 24 heavy (non-hydrogen) atoms. The van der Waals surface area contributed by atoms with E-state index in [4.69, 9.17) is 0 Å². The molecule has 1 unspecified atom stereocenters. The van der Waals surface area contributed by atoms with Crippen LogP contribution in [0.5, 0.6) is 0 Å². The Hall–Kier alpha value is -1.10. The molecular weight excluding hydrogens is 322 g/mol. The second-order valence-corrected chi connectivity index (χ2v) is 6.95. The summed E-state index contributed by atoms with van der Waals surface area (Å²) in [7, 11) is 2.19. The molecule has 2 fully saturated rings. The molecule has 1 aromatic carbocycles. The number of halogens is 1. The Bertz CT molecular complexity index is 503. The Morgan fingerprint density at radius 3 is 2.46 bits per heavy atom. The number of hydrogen-bond acceptors (Lipinski definition) is 3. The fraction of sp³-hybridized carbons (Fsp3) is 0.632. The van der Waals surface area contributed by atoms with Crippen LogP contribution in [-0.4, -0.2) is 73.0 Å². The number of carbonyl (C=O) groups is 1. The first-order valence-electron chi connectivity index (χ1n) is 9.01. The molecule has 1 atom stereocenters. The predicted octanol–water partition coefficient (Wildman–Crippen LogP) is 2.74. The normalized spacial score (nSPS) is 22.9. The molecule has 0 N–H and O–H groups in total. The van der Waals surface area contributed by atoms with Gasteiger partial charge in [-0.15, -0.1) is 12.4 Å². The van der Waals surface area contributed by atoms with Crippen molar-refractivity contribution in [2.45, 2.75) is 31.7 Å². The zero-order valence-electron chi connectivity index (χ0n) is 14.7. The zero-order valence-corrected chi connectivity index (χ0v) is 15.5. The maximum atomic E-state index is 12.8. The minimum atomic E-state index is 0. The highest BCUT2D eigenvalue weighted by Crippen LogP contribution is 2.22. The van der Waals surface area contributed by atoms with Gasteiger partial charge in [0.2, 0.25) is 0 Å². The predicted molar refractivity (Wildman–Crippen MR) is 101 cm³/mol. The Kier molecular flexibility index (Phi) is 7.53. The molecule has 2 saturated heterocycles. The first-order valence-corrected chi connectivity index (χ1v) is 9.01. The van der Waals surface area contributed by atoms with Crippen LogP contribution in [0.15, 0.2) is 30.3 Å². The fourth-order valence-electron chi connectivity index (χ4n) is 3.72. The summed E-state index contributed by atoms with van der Waals surface area (Å²) in [6.07, 6.45) is 4.67. The summed E-state index contributed by atoms with van der Waals surface area (Å²) in [5.74, 6) is 0.216. The van der Waals surface area contributed by atoms with Crippen molar-refractivity contribution < 1.29 is 4.79 Å². The molecule has 0 bridgehead atoms. The van der Waals surface area contributed by atoms with Gasteiger partial charge in [0.25, 0.3) is 5.91 Å². The van der Waals surface area contributed by atoms with E-state index in [9.17, 15) is 4.79 Å². The van der Waals surface area contributed by atoms with Crippen LogP contribution < -0.4 is 0 Å². The number of piperidine rings is 1. The third kappa shape index (κ3) is 4.95. The van der Waals surface area contributed by atoms with Gasteiger partial charge in [0.15, 0.2) is 0 Å². The number of likely N-dealkylation sites (tertiary alicyclic amines) is 1. The molecule has 2 heterocycles. The number of nitrogens with zero attached hydrogens (tertiary/aromatic N) is 3. The molecule has 134 valence electrons. The van der Waals surface area contributed by atoms with Crippen molar-refractivity contribution in [3.05, 3.63) is 35.9 Å². The molecule has 1 aromatic rings. The van der Waals surface area contributed by atoms with Crippen molar-refractivity contribution in [3.63, 3.8) is 0 Å². The first kappa shape index (κ1) is 19.2. The van der Waals surface area contributed by atoms with E-state index < -0.39 is 0 Å². The van der Waals surface area contributed by atoms with Crippen molar-refractivity contribution in [1.82, 2.24) is 14.7 Å². The van der Waals surface area contributed by atoms with Gasteiger partial charge >= 0.3 is 0 Å². The average molecular weight is 352 g/mol. The maximum absolute atomic E-state index is 12.8. The third-order valence-electron chi connectivity index (χ3n) is 5.28. The monoisotopic (exact) mass is 351 g/mol. The van der Waals surface area contributed by atoms with E-state index in [1.54, 1.807) is 0 Å². The summed E-state index contributed by atoms with van der Waals surface area (Å²) in [5, 5.41) is 0. The largest absolute Gasteiger partial charge is 0.336 e. The van der Waals surface area contributed by atoms with Gasteiger partial charge in [-0.1, -0.05) is 18.2 Å². The van der Waals surface area contributed by atoms with Gasteiger partial charge in [-0.25, -0.2) is 0 Å². The van der Waals surface area contributed by atoms with E-state index in [2.05, 4.69) is 21.7 Å². The number of amides is 1. The lowest BCUT2D eigenvalue weighted by Crippen LogP contribution is -2.48. The number of hydrogen-bond donors (Lipinski definition) is 0. The van der Waals surface area contributed by atoms with Crippen LogP contribution in [0.2, 0.25) is 0 Å². The van der Waals surface area contributed by atoms with Crippen molar-refractivity contribution in [2.75, 3.05) is 46.3 Å². The van der Waals surface area contributed by atoms with Gasteiger partial charge in [0, 0.05) is 50.9 Å². The molecule has 3 rings (SSSR count). The Morgan fingerprint density at radius 2 is 1.75 bits per heavy atom. The number of carbonyl (C=O) groups excluding carboxylic acids is 1. The maximum Gasteiger partial charge on any atom is 0.254 e. The first-order chi connectivity index (χ1) is 11.2. The molecule has 2 aliphatic rings. The second-order valence-electron chi connectivity index (χ2n) is 6.95. The minimum absolute atomic E-state index is 0. The Balaban J connectivity index is 0.00000208. The molecule has 5 heteroatoms. The van der Waals surface area contributed by atoms with E-state index in [0.29, 0.717) is 6.04 Å². The van der Waals surface area contributed by atoms with Crippen LogP contribution in [0.1, 0.15) is 36.0 Å². The van der Waals surface area contributed by atoms with Gasteiger partial charge in [0.1, 0.15) is 0 Å². The average Bonchev–Trinajstić information content (AvgIpc) is 2.62. The molecule has 0 radical (unpaired) electrons. The SMILES string of the molecule is CN1CCN(CCC2CCCCN2C(=O)c2ccccc2)CC1.Cl. The number of likely N-dealkylation sites (N-methyl/N-ethyl adjacent to an activating group) is 1. The van der Waals surface area contributed by atoms with Crippen LogP contribution in [-0.2, 0) is 0 Å². The van der Waals surface area contributed by atoms with Gasteiger partial charge in [0.05, 0.1) is 0 Å². The summed E-state index contributed by atoms with van der Waals surface area (Å²) >= 11 is 0. The van der Waals surface area contributed by atoms with E-state index in [-0.39, 0.29) is 18.3 Å². The number of benzene rings is 1. The van der Waals surface area contributed by atoms with Crippen LogP contribution in [0, 0.1) is 0 Å². The summed E-state index contributed by atoms with van der Waals surface area (Å²) in [4.78, 5) is 19.9. The third-order valence-corrected chi connectivity index (χ3v) is 5.28. The molecule has 0 saturated carbocycles. The minimum Gasteiger partial charge on any atom is -0.336 e. The molecular formula is C19H30ClN3O. The molecule has 0 spiro atoms. The molecule has 2 aliphatic heterocycles. The van der Waals surface area contributed by atoms with E-state index in [0.717, 1.165) is 64.1 Å². The van der Waals surface area contributed by atoms with Crippen molar-refractivity contribution in [2.24, 2.45) is 0 Å². The summed E-state index contributed by atoms with van der Waals surface area (Å²) in [5.41, 5.74) is 0.832.